The zero-order valence-electron chi connectivity index (χ0n) is 19.1. The summed E-state index contributed by atoms with van der Waals surface area (Å²) in [5.74, 6) is -0.592. The summed E-state index contributed by atoms with van der Waals surface area (Å²) in [6, 6.07) is 12.3. The van der Waals surface area contributed by atoms with Crippen molar-refractivity contribution >= 4 is 34.9 Å². The molecule has 1 aromatic heterocycles. The van der Waals surface area contributed by atoms with E-state index in [1.165, 1.54) is 6.07 Å². The number of fused-ring (bicyclic) bond motifs is 1. The third-order valence-corrected chi connectivity index (χ3v) is 6.02. The molecule has 0 radical (unpaired) electrons. The van der Waals surface area contributed by atoms with Crippen LogP contribution in [0, 0.1) is 18.3 Å². The van der Waals surface area contributed by atoms with Gasteiger partial charge in [0.2, 0.25) is 0 Å². The number of carbonyl (C=O) groups is 2. The normalized spacial score (nSPS) is 12.6. The molecule has 1 aliphatic rings. The fourth-order valence-corrected chi connectivity index (χ4v) is 4.22. The molecule has 0 saturated heterocycles. The van der Waals surface area contributed by atoms with Crippen LogP contribution in [0.25, 0.3) is 11.3 Å². The molecule has 0 fully saturated rings. The number of primary amides is 1. The molecule has 3 aromatic rings. The van der Waals surface area contributed by atoms with Gasteiger partial charge in [-0.3, -0.25) is 9.48 Å². The van der Waals surface area contributed by atoms with Crippen molar-refractivity contribution in [2.24, 2.45) is 5.73 Å². The molecule has 9 nitrogen and oxygen atoms in total. The van der Waals surface area contributed by atoms with Crippen molar-refractivity contribution in [3.05, 3.63) is 63.8 Å². The number of nitrogens with two attached hydrogens (primary N) is 1. The molecule has 2 heterocycles. The minimum atomic E-state index is -0.592. The first-order valence-electron chi connectivity index (χ1n) is 10.6. The average Bonchev–Trinajstić information content (AvgIpc) is 3.18. The van der Waals surface area contributed by atoms with E-state index < -0.39 is 5.91 Å². The summed E-state index contributed by atoms with van der Waals surface area (Å²) in [4.78, 5) is 29.0. The monoisotopic (exact) mass is 477 g/mol. The van der Waals surface area contributed by atoms with Gasteiger partial charge in [-0.2, -0.15) is 10.4 Å². The van der Waals surface area contributed by atoms with Crippen LogP contribution in [-0.2, 0) is 13.1 Å². The topological polar surface area (TPSA) is 120 Å². The van der Waals surface area contributed by atoms with E-state index in [9.17, 15) is 9.59 Å². The molecule has 4 rings (SSSR count). The Morgan fingerprint density at radius 3 is 2.62 bits per heavy atom. The Hall–Kier alpha value is -4.03. The highest BCUT2D eigenvalue weighted by molar-refractivity contribution is 6.32. The highest BCUT2D eigenvalue weighted by atomic mass is 35.5. The summed E-state index contributed by atoms with van der Waals surface area (Å²) in [5.41, 5.74) is 10.8. The number of urea groups is 1. The second-order valence-electron chi connectivity index (χ2n) is 8.37. The van der Waals surface area contributed by atoms with Crippen molar-refractivity contribution in [2.75, 3.05) is 30.9 Å². The first kappa shape index (κ1) is 23.1. The van der Waals surface area contributed by atoms with Gasteiger partial charge >= 0.3 is 6.03 Å². The summed E-state index contributed by atoms with van der Waals surface area (Å²) < 4.78 is 1.75. The van der Waals surface area contributed by atoms with E-state index in [2.05, 4.69) is 10.4 Å². The van der Waals surface area contributed by atoms with Crippen LogP contribution in [0.3, 0.4) is 0 Å². The maximum atomic E-state index is 12.9. The van der Waals surface area contributed by atoms with Gasteiger partial charge in [0, 0.05) is 37.6 Å². The number of aromatic nitrogens is 2. The Morgan fingerprint density at radius 1 is 1.21 bits per heavy atom. The van der Waals surface area contributed by atoms with E-state index in [1.807, 2.05) is 50.2 Å². The van der Waals surface area contributed by atoms with E-state index in [0.29, 0.717) is 41.3 Å². The maximum Gasteiger partial charge on any atom is 0.322 e. The number of carbonyl (C=O) groups excluding carboxylic acids is 2. The quantitative estimate of drug-likeness (QED) is 0.594. The van der Waals surface area contributed by atoms with Gasteiger partial charge in [-0.1, -0.05) is 11.6 Å². The molecule has 10 heteroatoms. The van der Waals surface area contributed by atoms with Crippen molar-refractivity contribution in [2.45, 2.75) is 20.0 Å². The molecule has 174 valence electrons. The Labute approximate surface area is 202 Å². The molecule has 0 atom stereocenters. The van der Waals surface area contributed by atoms with Crippen molar-refractivity contribution in [3.8, 4) is 17.3 Å². The van der Waals surface area contributed by atoms with Gasteiger partial charge in [-0.15, -0.1) is 0 Å². The number of nitrogens with zero attached hydrogens (tertiary/aromatic N) is 5. The SMILES string of the molecule is Cc1cc(-c2nn3c(c2C(N)=O)CN(C(=O)Nc2ccc(C#N)c(Cl)c2)CC3)cc(N(C)C)c1. The second-order valence-corrected chi connectivity index (χ2v) is 8.77. The number of benzene rings is 2. The molecule has 0 bridgehead atoms. The minimum absolute atomic E-state index is 0.174. The number of nitrogens with one attached hydrogen (secondary N) is 1. The van der Waals surface area contributed by atoms with E-state index in [4.69, 9.17) is 22.6 Å². The molecule has 0 unspecified atom stereocenters. The molecule has 2 aromatic carbocycles. The first-order chi connectivity index (χ1) is 16.2. The lowest BCUT2D eigenvalue weighted by Gasteiger charge is -2.28. The molecular formula is C24H24ClN7O2. The lowest BCUT2D eigenvalue weighted by atomic mass is 10.0. The first-order valence-corrected chi connectivity index (χ1v) is 11.0. The van der Waals surface area contributed by atoms with E-state index in [1.54, 1.807) is 21.7 Å². The third kappa shape index (κ3) is 4.40. The van der Waals surface area contributed by atoms with Crippen LogP contribution in [0.4, 0.5) is 16.2 Å². The number of amides is 3. The molecule has 1 aliphatic heterocycles. The van der Waals surface area contributed by atoms with E-state index in [-0.39, 0.29) is 17.6 Å². The van der Waals surface area contributed by atoms with Crippen LogP contribution in [0.1, 0.15) is 27.2 Å². The van der Waals surface area contributed by atoms with E-state index in [0.717, 1.165) is 16.8 Å². The van der Waals surface area contributed by atoms with Crippen molar-refractivity contribution in [1.29, 1.82) is 5.26 Å². The molecule has 34 heavy (non-hydrogen) atoms. The summed E-state index contributed by atoms with van der Waals surface area (Å²) in [6.45, 7) is 2.98. The van der Waals surface area contributed by atoms with Gasteiger partial charge in [-0.05, 0) is 48.9 Å². The predicted octanol–water partition coefficient (Wildman–Crippen LogP) is 3.60. The standard InChI is InChI=1S/C24H24ClN7O2/c1-14-8-16(10-18(9-14)30(2)3)22-21(23(27)33)20-13-31(6-7-32(20)29-22)24(34)28-17-5-4-15(12-26)19(25)11-17/h4-5,8-11H,6-7,13H2,1-3H3,(H2,27,33)(H,28,34). The Morgan fingerprint density at radius 2 is 1.97 bits per heavy atom. The Kier molecular flexibility index (Phi) is 6.18. The van der Waals surface area contributed by atoms with Crippen LogP contribution in [-0.4, -0.2) is 47.3 Å². The number of hydrogen-bond acceptors (Lipinski definition) is 5. The summed E-state index contributed by atoms with van der Waals surface area (Å²) in [7, 11) is 3.90. The predicted molar refractivity (Wildman–Crippen MR) is 131 cm³/mol. The smallest absolute Gasteiger partial charge is 0.322 e. The van der Waals surface area contributed by atoms with Crippen LogP contribution in [0.2, 0.25) is 5.02 Å². The third-order valence-electron chi connectivity index (χ3n) is 5.71. The van der Waals surface area contributed by atoms with Gasteiger partial charge in [-0.25, -0.2) is 4.79 Å². The van der Waals surface area contributed by atoms with Gasteiger partial charge in [0.1, 0.15) is 11.8 Å². The van der Waals surface area contributed by atoms with Gasteiger partial charge in [0.05, 0.1) is 34.9 Å². The van der Waals surface area contributed by atoms with Crippen molar-refractivity contribution in [3.63, 3.8) is 0 Å². The average molecular weight is 478 g/mol. The Balaban J connectivity index is 1.64. The highest BCUT2D eigenvalue weighted by Crippen LogP contribution is 2.31. The highest BCUT2D eigenvalue weighted by Gasteiger charge is 2.30. The summed E-state index contributed by atoms with van der Waals surface area (Å²) in [6.07, 6.45) is 0. The number of nitriles is 1. The van der Waals surface area contributed by atoms with Crippen LogP contribution >= 0.6 is 11.6 Å². The molecular weight excluding hydrogens is 454 g/mol. The number of anilines is 2. The fourth-order valence-electron chi connectivity index (χ4n) is 4.00. The minimum Gasteiger partial charge on any atom is -0.378 e. The maximum absolute atomic E-state index is 12.9. The molecule has 3 amide bonds. The molecule has 3 N–H and O–H groups in total. The molecule has 0 saturated carbocycles. The van der Waals surface area contributed by atoms with Crippen LogP contribution in [0.15, 0.2) is 36.4 Å². The fraction of sp³-hybridized carbons (Fsp3) is 0.250. The largest absolute Gasteiger partial charge is 0.378 e. The van der Waals surface area contributed by atoms with Crippen LogP contribution < -0.4 is 16.0 Å². The zero-order chi connectivity index (χ0) is 24.6. The number of halogens is 1. The number of hydrogen-bond donors (Lipinski definition) is 2. The lowest BCUT2D eigenvalue weighted by molar-refractivity contribution is 0.0997. The number of rotatable bonds is 4. The van der Waals surface area contributed by atoms with Crippen LogP contribution in [0.5, 0.6) is 0 Å². The molecule has 0 aliphatic carbocycles. The van der Waals surface area contributed by atoms with Gasteiger partial charge in [0.25, 0.3) is 5.91 Å². The molecule has 0 spiro atoms. The Bertz CT molecular complexity index is 1340. The zero-order valence-corrected chi connectivity index (χ0v) is 19.8. The van der Waals surface area contributed by atoms with Crippen molar-refractivity contribution < 1.29 is 9.59 Å². The van der Waals surface area contributed by atoms with Gasteiger partial charge in [0.15, 0.2) is 0 Å². The van der Waals surface area contributed by atoms with Crippen molar-refractivity contribution in [1.82, 2.24) is 14.7 Å². The lowest BCUT2D eigenvalue weighted by Crippen LogP contribution is -2.41. The van der Waals surface area contributed by atoms with E-state index >= 15 is 0 Å². The number of aryl methyl sites for hydroxylation is 1. The summed E-state index contributed by atoms with van der Waals surface area (Å²) in [5, 5.41) is 16.8. The second kappa shape index (κ2) is 9.08. The summed E-state index contributed by atoms with van der Waals surface area (Å²) >= 11 is 6.07. The van der Waals surface area contributed by atoms with Gasteiger partial charge < -0.3 is 20.9 Å².